The van der Waals surface area contributed by atoms with Crippen molar-refractivity contribution in [3.05, 3.63) is 74.9 Å². The van der Waals surface area contributed by atoms with Crippen LogP contribution in [0, 0.1) is 13.8 Å². The van der Waals surface area contributed by atoms with E-state index in [0.29, 0.717) is 10.8 Å². The average molecular weight is 445 g/mol. The molecule has 1 N–H and O–H groups in total. The van der Waals surface area contributed by atoms with E-state index in [2.05, 4.69) is 31.2 Å². The molecule has 0 aliphatic heterocycles. The molecule has 0 bridgehead atoms. The third-order valence-corrected chi connectivity index (χ3v) is 4.91. The smallest absolute Gasteiger partial charge is 0.251 e. The maximum absolute atomic E-state index is 12.2. The summed E-state index contributed by atoms with van der Waals surface area (Å²) in [6, 6.07) is 12.4. The molecule has 3 aromatic rings. The van der Waals surface area contributed by atoms with Gasteiger partial charge in [-0.25, -0.2) is 9.97 Å². The number of nitrogens with one attached hydrogen (secondary N) is 1. The van der Waals surface area contributed by atoms with Crippen LogP contribution in [0.5, 0.6) is 0 Å². The van der Waals surface area contributed by atoms with Crippen LogP contribution in [0.4, 0.5) is 5.69 Å². The van der Waals surface area contributed by atoms with E-state index >= 15 is 0 Å². The molecule has 0 aliphatic rings. The number of hydrogen-bond donors (Lipinski definition) is 1. The number of carbonyl (C=O) groups excluding carboxylic acids is 1. The second-order valence-corrected chi connectivity index (χ2v) is 7.88. The van der Waals surface area contributed by atoms with E-state index in [4.69, 9.17) is 0 Å². The molecule has 2 heterocycles. The summed E-state index contributed by atoms with van der Waals surface area (Å²) >= 11 is 4.76. The highest BCUT2D eigenvalue weighted by atomic mass is 79.9. The van der Waals surface area contributed by atoms with Crippen LogP contribution in [0.15, 0.2) is 68.0 Å². The van der Waals surface area contributed by atoms with E-state index in [-0.39, 0.29) is 18.0 Å². The van der Waals surface area contributed by atoms with Gasteiger partial charge in [-0.3, -0.25) is 9.59 Å². The van der Waals surface area contributed by atoms with Gasteiger partial charge in [-0.1, -0.05) is 0 Å². The monoisotopic (exact) mass is 444 g/mol. The molecule has 1 aromatic carbocycles. The Morgan fingerprint density at radius 3 is 2.44 bits per heavy atom. The lowest BCUT2D eigenvalue weighted by molar-refractivity contribution is -0.116. The lowest BCUT2D eigenvalue weighted by atomic mass is 10.3. The van der Waals surface area contributed by atoms with E-state index < -0.39 is 0 Å². The summed E-state index contributed by atoms with van der Waals surface area (Å²) in [6.07, 6.45) is 1.59. The number of amides is 1. The Hall–Kier alpha value is -2.45. The third kappa shape index (κ3) is 5.51. The van der Waals surface area contributed by atoms with Crippen LogP contribution in [0.3, 0.4) is 0 Å². The van der Waals surface area contributed by atoms with Crippen LogP contribution >= 0.6 is 27.7 Å². The molecule has 27 heavy (non-hydrogen) atoms. The molecule has 0 saturated heterocycles. The van der Waals surface area contributed by atoms with Crippen molar-refractivity contribution in [1.82, 2.24) is 14.5 Å². The number of halogens is 1. The average Bonchev–Trinajstić information content (AvgIpc) is 2.59. The van der Waals surface area contributed by atoms with Gasteiger partial charge in [0.05, 0.1) is 0 Å². The predicted molar refractivity (Wildman–Crippen MR) is 109 cm³/mol. The molecular formula is C19H17BrN4O2S. The second kappa shape index (κ2) is 8.49. The molecule has 6 nitrogen and oxygen atoms in total. The van der Waals surface area contributed by atoms with Crippen LogP contribution in [0.25, 0.3) is 0 Å². The minimum atomic E-state index is -0.270. The van der Waals surface area contributed by atoms with Crippen LogP contribution in [-0.2, 0) is 11.3 Å². The van der Waals surface area contributed by atoms with Crippen molar-refractivity contribution in [2.75, 3.05) is 5.32 Å². The lowest BCUT2D eigenvalue weighted by Gasteiger charge is -2.08. The summed E-state index contributed by atoms with van der Waals surface area (Å²) in [6.45, 7) is 3.83. The van der Waals surface area contributed by atoms with Gasteiger partial charge in [-0.15, -0.1) is 0 Å². The molecule has 0 saturated carbocycles. The van der Waals surface area contributed by atoms with Gasteiger partial charge >= 0.3 is 0 Å². The number of carbonyl (C=O) groups is 1. The largest absolute Gasteiger partial charge is 0.325 e. The third-order valence-electron chi connectivity index (χ3n) is 3.57. The van der Waals surface area contributed by atoms with Crippen molar-refractivity contribution in [2.45, 2.75) is 30.4 Å². The topological polar surface area (TPSA) is 76.9 Å². The Kier molecular flexibility index (Phi) is 6.08. The summed E-state index contributed by atoms with van der Waals surface area (Å²) in [5.74, 6) is -0.270. The zero-order chi connectivity index (χ0) is 19.4. The Bertz CT molecular complexity index is 1010. The van der Waals surface area contributed by atoms with Crippen molar-refractivity contribution in [3.8, 4) is 0 Å². The van der Waals surface area contributed by atoms with Gasteiger partial charge in [0, 0.05) is 38.7 Å². The van der Waals surface area contributed by atoms with Gasteiger partial charge in [-0.05, 0) is 77.9 Å². The Balaban J connectivity index is 1.64. The Labute approximate surface area is 169 Å². The molecule has 138 valence electrons. The summed E-state index contributed by atoms with van der Waals surface area (Å²) < 4.78 is 2.09. The number of aryl methyl sites for hydroxylation is 2. The summed E-state index contributed by atoms with van der Waals surface area (Å²) in [5.41, 5.74) is 2.29. The van der Waals surface area contributed by atoms with Gasteiger partial charge in [0.1, 0.15) is 6.54 Å². The zero-order valence-corrected chi connectivity index (χ0v) is 17.2. The Morgan fingerprint density at radius 1 is 1.11 bits per heavy atom. The first kappa shape index (κ1) is 19.3. The van der Waals surface area contributed by atoms with Crippen LogP contribution in [0.2, 0.25) is 0 Å². The zero-order valence-electron chi connectivity index (χ0n) is 14.8. The highest BCUT2D eigenvalue weighted by Crippen LogP contribution is 2.26. The summed E-state index contributed by atoms with van der Waals surface area (Å²) in [4.78, 5) is 33.7. The first-order valence-corrected chi connectivity index (χ1v) is 9.76. The molecule has 0 unspecified atom stereocenters. The van der Waals surface area contributed by atoms with Gasteiger partial charge in [-0.2, -0.15) is 0 Å². The van der Waals surface area contributed by atoms with E-state index in [1.165, 1.54) is 22.4 Å². The molecule has 0 fully saturated rings. The van der Waals surface area contributed by atoms with Gasteiger partial charge in [0.25, 0.3) is 5.56 Å². The van der Waals surface area contributed by atoms with Crippen molar-refractivity contribution in [3.63, 3.8) is 0 Å². The van der Waals surface area contributed by atoms with Gasteiger partial charge in [0.15, 0.2) is 5.16 Å². The predicted octanol–water partition coefficient (Wildman–Crippen LogP) is 3.81. The molecule has 8 heteroatoms. The molecule has 1 amide bonds. The van der Waals surface area contributed by atoms with Crippen molar-refractivity contribution >= 4 is 39.3 Å². The number of benzene rings is 1. The first-order chi connectivity index (χ1) is 12.9. The first-order valence-electron chi connectivity index (χ1n) is 8.15. The van der Waals surface area contributed by atoms with Crippen LogP contribution < -0.4 is 10.9 Å². The number of aromatic nitrogens is 3. The number of nitrogens with zero attached hydrogens (tertiary/aromatic N) is 3. The second-order valence-electron chi connectivity index (χ2n) is 5.92. The quantitative estimate of drug-likeness (QED) is 0.605. The number of hydrogen-bond acceptors (Lipinski definition) is 5. The minimum Gasteiger partial charge on any atom is -0.325 e. The molecule has 0 atom stereocenters. The van der Waals surface area contributed by atoms with Crippen molar-refractivity contribution < 1.29 is 4.79 Å². The normalized spacial score (nSPS) is 10.6. The standard InChI is InChI=1S/C19H17BrN4O2S/c1-12-9-13(2)22-19(21-12)27-16-6-4-15(5-7-16)23-17(25)11-24-10-14(20)3-8-18(24)26/h3-10H,11H2,1-2H3,(H,23,25). The molecule has 2 aromatic heterocycles. The van der Waals surface area contributed by atoms with Gasteiger partial charge < -0.3 is 9.88 Å². The fourth-order valence-electron chi connectivity index (χ4n) is 2.43. The van der Waals surface area contributed by atoms with Crippen molar-refractivity contribution in [1.29, 1.82) is 0 Å². The van der Waals surface area contributed by atoms with E-state index in [0.717, 1.165) is 20.8 Å². The molecule has 0 radical (unpaired) electrons. The van der Waals surface area contributed by atoms with Crippen molar-refractivity contribution in [2.24, 2.45) is 0 Å². The highest BCUT2D eigenvalue weighted by Gasteiger charge is 2.07. The minimum absolute atomic E-state index is 0.0504. The van der Waals surface area contributed by atoms with E-state index in [9.17, 15) is 9.59 Å². The van der Waals surface area contributed by atoms with E-state index in [1.807, 2.05) is 44.2 Å². The van der Waals surface area contributed by atoms with Gasteiger partial charge in [0.2, 0.25) is 5.91 Å². The number of rotatable bonds is 5. The molecular weight excluding hydrogens is 428 g/mol. The van der Waals surface area contributed by atoms with E-state index in [1.54, 1.807) is 12.3 Å². The number of anilines is 1. The maximum Gasteiger partial charge on any atom is 0.251 e. The fraction of sp³-hybridized carbons (Fsp3) is 0.158. The molecule has 3 rings (SSSR count). The summed E-state index contributed by atoms with van der Waals surface area (Å²) in [5, 5.41) is 3.48. The highest BCUT2D eigenvalue weighted by molar-refractivity contribution is 9.10. The SMILES string of the molecule is Cc1cc(C)nc(Sc2ccc(NC(=O)Cn3cc(Br)ccc3=O)cc2)n1. The summed E-state index contributed by atoms with van der Waals surface area (Å²) in [7, 11) is 0. The Morgan fingerprint density at radius 2 is 1.78 bits per heavy atom. The maximum atomic E-state index is 12.2. The molecule has 0 spiro atoms. The number of pyridine rings is 1. The van der Waals surface area contributed by atoms with Crippen LogP contribution in [-0.4, -0.2) is 20.4 Å². The van der Waals surface area contributed by atoms with Crippen LogP contribution in [0.1, 0.15) is 11.4 Å². The molecule has 0 aliphatic carbocycles. The lowest BCUT2D eigenvalue weighted by Crippen LogP contribution is -2.26. The fourth-order valence-corrected chi connectivity index (χ4v) is 3.67.